The fourth-order valence-electron chi connectivity index (χ4n) is 1.05. The Morgan fingerprint density at radius 2 is 1.81 bits per heavy atom. The van der Waals surface area contributed by atoms with E-state index in [1.165, 1.54) is 7.11 Å². The van der Waals surface area contributed by atoms with Crippen LogP contribution in [0.2, 0.25) is 0 Å². The Morgan fingerprint density at radius 3 is 2.38 bits per heavy atom. The van der Waals surface area contributed by atoms with Crippen LogP contribution in [-0.2, 0) is 9.09 Å². The van der Waals surface area contributed by atoms with Gasteiger partial charge in [0.15, 0.2) is 11.5 Å². The highest BCUT2D eigenvalue weighted by molar-refractivity contribution is 7.46. The lowest BCUT2D eigenvalue weighted by Gasteiger charge is -2.10. The molecule has 1 aromatic rings. The molecular formula is C9H13O6P. The van der Waals surface area contributed by atoms with Crippen LogP contribution >= 0.6 is 7.82 Å². The van der Waals surface area contributed by atoms with Crippen LogP contribution in [0.15, 0.2) is 24.3 Å². The number of ether oxygens (including phenoxy) is 2. The molecule has 1 rings (SSSR count). The zero-order valence-corrected chi connectivity index (χ0v) is 9.59. The number of rotatable bonds is 6. The van der Waals surface area contributed by atoms with Gasteiger partial charge in [0.1, 0.15) is 6.61 Å². The first-order valence-corrected chi connectivity index (χ1v) is 6.02. The zero-order valence-electron chi connectivity index (χ0n) is 8.70. The molecule has 0 aliphatic rings. The molecule has 90 valence electrons. The summed E-state index contributed by atoms with van der Waals surface area (Å²) < 4.78 is 24.8. The van der Waals surface area contributed by atoms with Crippen molar-refractivity contribution in [3.63, 3.8) is 0 Å². The highest BCUT2D eigenvalue weighted by Crippen LogP contribution is 2.35. The smallest absolute Gasteiger partial charge is 0.469 e. The number of para-hydroxylation sites is 2. The molecule has 0 heterocycles. The predicted molar refractivity (Wildman–Crippen MR) is 56.5 cm³/mol. The van der Waals surface area contributed by atoms with Gasteiger partial charge in [-0.1, -0.05) is 12.1 Å². The van der Waals surface area contributed by atoms with Crippen molar-refractivity contribution < 1.29 is 28.3 Å². The minimum Gasteiger partial charge on any atom is -0.493 e. The van der Waals surface area contributed by atoms with E-state index in [-0.39, 0.29) is 13.2 Å². The first kappa shape index (κ1) is 13.0. The van der Waals surface area contributed by atoms with Crippen molar-refractivity contribution in [3.8, 4) is 11.5 Å². The van der Waals surface area contributed by atoms with Gasteiger partial charge in [-0.15, -0.1) is 0 Å². The first-order chi connectivity index (χ1) is 7.53. The molecule has 0 bridgehead atoms. The third kappa shape index (κ3) is 4.63. The second kappa shape index (κ2) is 5.86. The van der Waals surface area contributed by atoms with Gasteiger partial charge in [-0.2, -0.15) is 0 Å². The van der Waals surface area contributed by atoms with E-state index in [0.29, 0.717) is 11.5 Å². The fraction of sp³-hybridized carbons (Fsp3) is 0.333. The average molecular weight is 248 g/mol. The second-order valence-corrected chi connectivity index (χ2v) is 4.06. The van der Waals surface area contributed by atoms with Crippen LogP contribution in [0, 0.1) is 0 Å². The normalized spacial score (nSPS) is 11.2. The molecule has 1 aromatic carbocycles. The number of hydrogen-bond acceptors (Lipinski definition) is 4. The van der Waals surface area contributed by atoms with E-state index in [4.69, 9.17) is 19.3 Å². The van der Waals surface area contributed by atoms with Gasteiger partial charge in [0, 0.05) is 0 Å². The maximum Gasteiger partial charge on any atom is 0.469 e. The fourth-order valence-corrected chi connectivity index (χ4v) is 1.36. The number of phosphoric acid groups is 1. The largest absolute Gasteiger partial charge is 0.493 e. The van der Waals surface area contributed by atoms with Gasteiger partial charge in [-0.3, -0.25) is 4.52 Å². The molecule has 0 radical (unpaired) electrons. The third-order valence-electron chi connectivity index (χ3n) is 1.67. The summed E-state index contributed by atoms with van der Waals surface area (Å²) in [7, 11) is -2.91. The number of hydrogen-bond donors (Lipinski definition) is 2. The Bertz CT molecular complexity index is 374. The highest BCUT2D eigenvalue weighted by Gasteiger charge is 2.13. The maximum atomic E-state index is 10.4. The predicted octanol–water partition coefficient (Wildman–Crippen LogP) is 1.18. The highest BCUT2D eigenvalue weighted by atomic mass is 31.2. The minimum atomic E-state index is -4.42. The van der Waals surface area contributed by atoms with E-state index < -0.39 is 7.82 Å². The van der Waals surface area contributed by atoms with Gasteiger partial charge >= 0.3 is 7.82 Å². The van der Waals surface area contributed by atoms with Crippen molar-refractivity contribution in [3.05, 3.63) is 24.3 Å². The van der Waals surface area contributed by atoms with Crippen molar-refractivity contribution in [2.75, 3.05) is 20.3 Å². The Kier molecular flexibility index (Phi) is 4.76. The Morgan fingerprint density at radius 1 is 1.19 bits per heavy atom. The van der Waals surface area contributed by atoms with Crippen LogP contribution < -0.4 is 9.47 Å². The van der Waals surface area contributed by atoms with Gasteiger partial charge in [-0.25, -0.2) is 4.57 Å². The lowest BCUT2D eigenvalue weighted by atomic mass is 10.3. The molecule has 0 aromatic heterocycles. The molecule has 2 N–H and O–H groups in total. The van der Waals surface area contributed by atoms with Crippen molar-refractivity contribution in [2.24, 2.45) is 0 Å². The van der Waals surface area contributed by atoms with Crippen LogP contribution in [-0.4, -0.2) is 30.1 Å². The molecule has 0 saturated heterocycles. The van der Waals surface area contributed by atoms with E-state index >= 15 is 0 Å². The van der Waals surface area contributed by atoms with E-state index in [1.807, 2.05) is 0 Å². The quantitative estimate of drug-likeness (QED) is 0.581. The zero-order chi connectivity index (χ0) is 12.0. The molecule has 0 saturated carbocycles. The summed E-state index contributed by atoms with van der Waals surface area (Å²) in [5, 5.41) is 0. The standard InChI is InChI=1S/C9H13O6P/c1-13-8-4-2-3-5-9(8)14-6-7-15-16(10,11)12/h2-5H,6-7H2,1H3,(H2,10,11,12). The summed E-state index contributed by atoms with van der Waals surface area (Å²) in [5.74, 6) is 1.05. The molecule has 0 unspecified atom stereocenters. The van der Waals surface area contributed by atoms with Crippen LogP contribution in [0.3, 0.4) is 0 Å². The van der Waals surface area contributed by atoms with Crippen molar-refractivity contribution in [1.29, 1.82) is 0 Å². The van der Waals surface area contributed by atoms with E-state index in [1.54, 1.807) is 24.3 Å². The third-order valence-corrected chi connectivity index (χ3v) is 2.19. The van der Waals surface area contributed by atoms with Crippen molar-refractivity contribution >= 4 is 7.82 Å². The summed E-state index contributed by atoms with van der Waals surface area (Å²) >= 11 is 0. The molecular weight excluding hydrogens is 235 g/mol. The maximum absolute atomic E-state index is 10.4. The average Bonchev–Trinajstić information content (AvgIpc) is 2.23. The van der Waals surface area contributed by atoms with Gasteiger partial charge in [0.2, 0.25) is 0 Å². The van der Waals surface area contributed by atoms with Crippen LogP contribution in [0.25, 0.3) is 0 Å². The van der Waals surface area contributed by atoms with Crippen LogP contribution in [0.1, 0.15) is 0 Å². The molecule has 0 fully saturated rings. The monoisotopic (exact) mass is 248 g/mol. The summed E-state index contributed by atoms with van der Waals surface area (Å²) in [6.45, 7) is -0.159. The van der Waals surface area contributed by atoms with Crippen molar-refractivity contribution in [2.45, 2.75) is 0 Å². The topological polar surface area (TPSA) is 85.2 Å². The molecule has 0 aliphatic carbocycles. The Hall–Kier alpha value is -1.07. The first-order valence-electron chi connectivity index (χ1n) is 4.49. The van der Waals surface area contributed by atoms with Gasteiger partial charge in [0.05, 0.1) is 13.7 Å². The van der Waals surface area contributed by atoms with Gasteiger partial charge in [-0.05, 0) is 12.1 Å². The van der Waals surface area contributed by atoms with Gasteiger partial charge < -0.3 is 19.3 Å². The number of methoxy groups -OCH3 is 1. The SMILES string of the molecule is COc1ccccc1OCCOP(=O)(O)O. The number of benzene rings is 1. The van der Waals surface area contributed by atoms with Gasteiger partial charge in [0.25, 0.3) is 0 Å². The lowest BCUT2D eigenvalue weighted by Crippen LogP contribution is -2.06. The molecule has 6 nitrogen and oxygen atoms in total. The Labute approximate surface area is 93.0 Å². The second-order valence-electron chi connectivity index (χ2n) is 2.82. The molecule has 0 atom stereocenters. The molecule has 0 amide bonds. The van der Waals surface area contributed by atoms with E-state index in [0.717, 1.165) is 0 Å². The molecule has 7 heteroatoms. The number of phosphoric ester groups is 1. The van der Waals surface area contributed by atoms with Crippen molar-refractivity contribution in [1.82, 2.24) is 0 Å². The summed E-state index contributed by atoms with van der Waals surface area (Å²) in [5.41, 5.74) is 0. The molecule has 16 heavy (non-hydrogen) atoms. The lowest BCUT2D eigenvalue weighted by molar-refractivity contribution is 0.159. The van der Waals surface area contributed by atoms with Crippen LogP contribution in [0.4, 0.5) is 0 Å². The molecule has 0 spiro atoms. The van der Waals surface area contributed by atoms with E-state index in [2.05, 4.69) is 4.52 Å². The van der Waals surface area contributed by atoms with Crippen LogP contribution in [0.5, 0.6) is 11.5 Å². The minimum absolute atomic E-state index is 0.0332. The summed E-state index contributed by atoms with van der Waals surface area (Å²) in [6.07, 6.45) is 0. The molecule has 0 aliphatic heterocycles. The summed E-state index contributed by atoms with van der Waals surface area (Å²) in [6, 6.07) is 6.97. The Balaban J connectivity index is 2.40. The summed E-state index contributed by atoms with van der Waals surface area (Å²) in [4.78, 5) is 16.8. The van der Waals surface area contributed by atoms with E-state index in [9.17, 15) is 4.57 Å².